The topological polar surface area (TPSA) is 78.9 Å². The van der Waals surface area contributed by atoms with Crippen LogP contribution in [0.3, 0.4) is 0 Å². The van der Waals surface area contributed by atoms with Gasteiger partial charge in [0.15, 0.2) is 6.10 Å². The molecule has 0 spiro atoms. The quantitative estimate of drug-likeness (QED) is 0.0262. The van der Waals surface area contributed by atoms with E-state index >= 15 is 0 Å². The third-order valence-corrected chi connectivity index (χ3v) is 11.5. The molecule has 0 N–H and O–H groups in total. The van der Waals surface area contributed by atoms with E-state index in [2.05, 4.69) is 81.5 Å². The highest BCUT2D eigenvalue weighted by atomic mass is 16.6. The average Bonchev–Trinajstić information content (AvgIpc) is 3.28. The third-order valence-electron chi connectivity index (χ3n) is 11.5. The van der Waals surface area contributed by atoms with Crippen LogP contribution in [-0.4, -0.2) is 37.2 Å². The van der Waals surface area contributed by atoms with Crippen LogP contribution in [0.15, 0.2) is 60.8 Å². The van der Waals surface area contributed by atoms with Crippen molar-refractivity contribution in [2.45, 2.75) is 271 Å². The molecule has 0 aromatic heterocycles. The van der Waals surface area contributed by atoms with E-state index in [1.54, 1.807) is 0 Å². The van der Waals surface area contributed by atoms with Crippen molar-refractivity contribution < 1.29 is 28.6 Å². The zero-order chi connectivity index (χ0) is 45.8. The molecule has 0 radical (unpaired) electrons. The van der Waals surface area contributed by atoms with Crippen molar-refractivity contribution in [3.63, 3.8) is 0 Å². The zero-order valence-electron chi connectivity index (χ0n) is 41.6. The summed E-state index contributed by atoms with van der Waals surface area (Å²) < 4.78 is 16.8. The van der Waals surface area contributed by atoms with Gasteiger partial charge in [-0.2, -0.15) is 0 Å². The fraction of sp³-hybridized carbons (Fsp3) is 0.772. The Morgan fingerprint density at radius 3 is 0.952 bits per heavy atom. The standard InChI is InChI=1S/C57H100O6/c1-4-7-10-13-16-19-22-25-27-28-29-30-31-33-35-38-41-44-47-50-56(59)62-53-54(52-61-55(58)49-46-43-40-37-34-24-21-18-15-12-9-6-3)63-57(60)51-48-45-42-39-36-32-26-23-20-17-14-11-8-5-2/h16,19,23,25-27,29-30,33,35,54H,4-15,17-18,20-22,24,28,31-32,34,36-53H2,1-3H3/b19-16-,26-23-,27-25-,30-29-,35-33-/t54-/m1/s1. The minimum absolute atomic E-state index is 0.0859. The van der Waals surface area contributed by atoms with E-state index in [9.17, 15) is 14.4 Å². The lowest BCUT2D eigenvalue weighted by atomic mass is 10.0. The molecule has 0 aromatic carbocycles. The van der Waals surface area contributed by atoms with Gasteiger partial charge in [0, 0.05) is 19.3 Å². The predicted molar refractivity (Wildman–Crippen MR) is 270 cm³/mol. The first-order valence-corrected chi connectivity index (χ1v) is 26.8. The molecule has 1 atom stereocenters. The lowest BCUT2D eigenvalue weighted by molar-refractivity contribution is -0.167. The van der Waals surface area contributed by atoms with Crippen molar-refractivity contribution in [2.24, 2.45) is 0 Å². The Morgan fingerprint density at radius 1 is 0.317 bits per heavy atom. The second kappa shape index (κ2) is 51.7. The molecule has 364 valence electrons. The minimum Gasteiger partial charge on any atom is -0.462 e. The highest BCUT2D eigenvalue weighted by Crippen LogP contribution is 2.15. The van der Waals surface area contributed by atoms with Gasteiger partial charge in [-0.05, 0) is 89.9 Å². The molecule has 0 aliphatic heterocycles. The summed E-state index contributed by atoms with van der Waals surface area (Å²) in [5, 5.41) is 0. The van der Waals surface area contributed by atoms with Gasteiger partial charge in [0.25, 0.3) is 0 Å². The van der Waals surface area contributed by atoms with Gasteiger partial charge in [0.2, 0.25) is 0 Å². The van der Waals surface area contributed by atoms with Crippen LogP contribution in [0.2, 0.25) is 0 Å². The van der Waals surface area contributed by atoms with Gasteiger partial charge in [-0.15, -0.1) is 0 Å². The molecule has 0 aliphatic carbocycles. The number of allylic oxidation sites excluding steroid dienone is 10. The van der Waals surface area contributed by atoms with Crippen LogP contribution in [0.25, 0.3) is 0 Å². The Balaban J connectivity index is 4.42. The van der Waals surface area contributed by atoms with Crippen LogP contribution >= 0.6 is 0 Å². The van der Waals surface area contributed by atoms with E-state index < -0.39 is 6.10 Å². The second-order valence-corrected chi connectivity index (χ2v) is 17.8. The number of unbranched alkanes of at least 4 members (excludes halogenated alkanes) is 27. The highest BCUT2D eigenvalue weighted by molar-refractivity contribution is 5.71. The van der Waals surface area contributed by atoms with Gasteiger partial charge >= 0.3 is 17.9 Å². The van der Waals surface area contributed by atoms with Crippen LogP contribution < -0.4 is 0 Å². The van der Waals surface area contributed by atoms with Crippen molar-refractivity contribution in [1.82, 2.24) is 0 Å². The van der Waals surface area contributed by atoms with E-state index in [1.807, 2.05) is 0 Å². The van der Waals surface area contributed by atoms with E-state index in [-0.39, 0.29) is 31.1 Å². The van der Waals surface area contributed by atoms with Crippen LogP contribution in [0.1, 0.15) is 265 Å². The van der Waals surface area contributed by atoms with Gasteiger partial charge in [-0.1, -0.05) is 216 Å². The van der Waals surface area contributed by atoms with Crippen molar-refractivity contribution in [1.29, 1.82) is 0 Å². The SMILES string of the molecule is CCCCC/C=C\C/C=C\C/C=C\C/C=C\CCCCCC(=O)OC[C@@H](COC(=O)CCCCCCCCCCCCCC)OC(=O)CCCCCCC/C=C\CCCCCCC. The second-order valence-electron chi connectivity index (χ2n) is 17.8. The molecular weight excluding hydrogens is 781 g/mol. The first-order chi connectivity index (χ1) is 31.0. The molecule has 6 nitrogen and oxygen atoms in total. The van der Waals surface area contributed by atoms with Crippen molar-refractivity contribution in [3.8, 4) is 0 Å². The summed E-state index contributed by atoms with van der Waals surface area (Å²) in [4.78, 5) is 38.0. The molecule has 0 aromatic rings. The van der Waals surface area contributed by atoms with Crippen molar-refractivity contribution >= 4 is 17.9 Å². The molecule has 0 heterocycles. The zero-order valence-corrected chi connectivity index (χ0v) is 41.6. The molecule has 0 saturated heterocycles. The van der Waals surface area contributed by atoms with Gasteiger partial charge < -0.3 is 14.2 Å². The summed E-state index contributed by atoms with van der Waals surface area (Å²) in [5.74, 6) is -0.921. The maximum absolute atomic E-state index is 12.8. The van der Waals surface area contributed by atoms with Gasteiger partial charge in [-0.3, -0.25) is 14.4 Å². The number of ether oxygens (including phenoxy) is 3. The van der Waals surface area contributed by atoms with Gasteiger partial charge in [-0.25, -0.2) is 0 Å². The molecule has 0 saturated carbocycles. The number of carbonyl (C=O) groups excluding carboxylic acids is 3. The third kappa shape index (κ3) is 50.0. The molecular formula is C57H100O6. The van der Waals surface area contributed by atoms with Crippen LogP contribution in [0.5, 0.6) is 0 Å². The van der Waals surface area contributed by atoms with Crippen molar-refractivity contribution in [2.75, 3.05) is 13.2 Å². The largest absolute Gasteiger partial charge is 0.462 e. The molecule has 0 bridgehead atoms. The predicted octanol–water partition coefficient (Wildman–Crippen LogP) is 17.6. The highest BCUT2D eigenvalue weighted by Gasteiger charge is 2.19. The Kier molecular flexibility index (Phi) is 49.4. The first-order valence-electron chi connectivity index (χ1n) is 26.8. The fourth-order valence-corrected chi connectivity index (χ4v) is 7.42. The van der Waals surface area contributed by atoms with E-state index in [1.165, 1.54) is 128 Å². The van der Waals surface area contributed by atoms with Crippen LogP contribution in [-0.2, 0) is 28.6 Å². The molecule has 0 rings (SSSR count). The number of hydrogen-bond acceptors (Lipinski definition) is 6. The summed E-state index contributed by atoms with van der Waals surface area (Å²) in [6, 6.07) is 0. The maximum Gasteiger partial charge on any atom is 0.306 e. The Morgan fingerprint density at radius 2 is 0.571 bits per heavy atom. The molecule has 6 heteroatoms. The lowest BCUT2D eigenvalue weighted by Crippen LogP contribution is -2.30. The van der Waals surface area contributed by atoms with E-state index in [0.29, 0.717) is 19.3 Å². The first kappa shape index (κ1) is 60.1. The summed E-state index contributed by atoms with van der Waals surface area (Å²) in [7, 11) is 0. The number of carbonyl (C=O) groups is 3. The summed E-state index contributed by atoms with van der Waals surface area (Å²) in [6.07, 6.45) is 63.4. The number of rotatable bonds is 48. The molecule has 0 fully saturated rings. The van der Waals surface area contributed by atoms with E-state index in [0.717, 1.165) is 96.3 Å². The normalized spacial score (nSPS) is 12.5. The Hall–Kier alpha value is -2.89. The summed E-state index contributed by atoms with van der Waals surface area (Å²) >= 11 is 0. The van der Waals surface area contributed by atoms with E-state index in [4.69, 9.17) is 14.2 Å². The molecule has 0 aliphatic rings. The average molecular weight is 881 g/mol. The number of esters is 3. The number of hydrogen-bond donors (Lipinski definition) is 0. The summed E-state index contributed by atoms with van der Waals surface area (Å²) in [6.45, 7) is 6.57. The minimum atomic E-state index is -0.789. The molecule has 0 amide bonds. The smallest absolute Gasteiger partial charge is 0.306 e. The fourth-order valence-electron chi connectivity index (χ4n) is 7.42. The molecule has 0 unspecified atom stereocenters. The lowest BCUT2D eigenvalue weighted by Gasteiger charge is -2.18. The van der Waals surface area contributed by atoms with Crippen molar-refractivity contribution in [3.05, 3.63) is 60.8 Å². The van der Waals surface area contributed by atoms with Gasteiger partial charge in [0.05, 0.1) is 0 Å². The maximum atomic E-state index is 12.8. The summed E-state index contributed by atoms with van der Waals surface area (Å²) in [5.41, 5.74) is 0. The Bertz CT molecular complexity index is 1150. The van der Waals surface area contributed by atoms with Gasteiger partial charge in [0.1, 0.15) is 13.2 Å². The van der Waals surface area contributed by atoms with Crippen LogP contribution in [0.4, 0.5) is 0 Å². The van der Waals surface area contributed by atoms with Crippen LogP contribution in [0, 0.1) is 0 Å². The monoisotopic (exact) mass is 881 g/mol. The molecule has 63 heavy (non-hydrogen) atoms. The Labute approximate surface area is 390 Å².